The number of pyridine rings is 2. The Morgan fingerprint density at radius 3 is 2.58 bits per heavy atom. The standard InChI is InChI=1S/C31H40N4O5/c1-30(2,3)40-29(38)35(4)14-12-10-8-6-7-9-11-13-21-15-24-26(33-19-21)34-28(37)31(24)17-22-16-23(27(36)39-5)20-32-25(22)18-31/h11,13,15-16,19-20H,6-10,12,14,17-18H2,1-5H3,(H,33,34,37)/b13-11+/t31-/m0/s1. The number of rotatable bonds is 10. The molecule has 1 spiro atoms. The van der Waals surface area contributed by atoms with Crippen molar-refractivity contribution in [3.05, 3.63) is 58.6 Å². The minimum absolute atomic E-state index is 0.0777. The van der Waals surface area contributed by atoms with Crippen molar-refractivity contribution < 1.29 is 23.9 Å². The van der Waals surface area contributed by atoms with Crippen LogP contribution in [0.4, 0.5) is 10.6 Å². The Labute approximate surface area is 236 Å². The number of carbonyl (C=O) groups is 3. The van der Waals surface area contributed by atoms with E-state index in [-0.39, 0.29) is 12.0 Å². The fourth-order valence-corrected chi connectivity index (χ4v) is 5.28. The molecule has 4 rings (SSSR count). The van der Waals surface area contributed by atoms with Crippen LogP contribution in [-0.4, -0.2) is 59.1 Å². The number of nitrogens with one attached hydrogen (secondary N) is 1. The highest BCUT2D eigenvalue weighted by Gasteiger charge is 2.52. The van der Waals surface area contributed by atoms with E-state index < -0.39 is 17.0 Å². The third kappa shape index (κ3) is 6.69. The summed E-state index contributed by atoms with van der Waals surface area (Å²) in [6.45, 7) is 6.32. The summed E-state index contributed by atoms with van der Waals surface area (Å²) in [5, 5.41) is 2.94. The molecule has 2 amide bonds. The lowest BCUT2D eigenvalue weighted by Crippen LogP contribution is -2.35. The SMILES string of the molecule is COC(=O)c1cnc2c(c1)C[C@@]1(C2)C(=O)Nc2ncc(/C=C/CCCCCCCN(C)C(=O)OC(C)(C)C)cc21. The summed E-state index contributed by atoms with van der Waals surface area (Å²) in [4.78, 5) is 47.7. The van der Waals surface area contributed by atoms with E-state index >= 15 is 0 Å². The first-order valence-corrected chi connectivity index (χ1v) is 14.0. The summed E-state index contributed by atoms with van der Waals surface area (Å²) in [7, 11) is 3.12. The number of hydrogen-bond acceptors (Lipinski definition) is 7. The largest absolute Gasteiger partial charge is 0.465 e. The van der Waals surface area contributed by atoms with Gasteiger partial charge in [0, 0.05) is 43.7 Å². The number of allylic oxidation sites excluding steroid dienone is 1. The first-order chi connectivity index (χ1) is 19.0. The fourth-order valence-electron chi connectivity index (χ4n) is 5.28. The number of amides is 2. The number of hydrogen-bond donors (Lipinski definition) is 1. The van der Waals surface area contributed by atoms with Gasteiger partial charge in [-0.1, -0.05) is 31.4 Å². The molecule has 9 nitrogen and oxygen atoms in total. The summed E-state index contributed by atoms with van der Waals surface area (Å²) in [6, 6.07) is 3.83. The van der Waals surface area contributed by atoms with Crippen LogP contribution in [0.15, 0.2) is 30.6 Å². The van der Waals surface area contributed by atoms with Crippen molar-refractivity contribution in [3.63, 3.8) is 0 Å². The quantitative estimate of drug-likeness (QED) is 0.309. The molecule has 0 bridgehead atoms. The average Bonchev–Trinajstić information content (AvgIpc) is 3.42. The second-order valence-electron chi connectivity index (χ2n) is 11.7. The van der Waals surface area contributed by atoms with Gasteiger partial charge in [0.1, 0.15) is 11.4 Å². The van der Waals surface area contributed by atoms with E-state index in [4.69, 9.17) is 9.47 Å². The van der Waals surface area contributed by atoms with Gasteiger partial charge in [0.15, 0.2) is 0 Å². The minimum atomic E-state index is -0.756. The Morgan fingerprint density at radius 2 is 1.82 bits per heavy atom. The van der Waals surface area contributed by atoms with Gasteiger partial charge in [0.05, 0.1) is 18.1 Å². The van der Waals surface area contributed by atoms with Crippen molar-refractivity contribution >= 4 is 29.9 Å². The molecule has 9 heteroatoms. The number of fused-ring (bicyclic) bond motifs is 3. The topological polar surface area (TPSA) is 111 Å². The molecule has 0 saturated carbocycles. The van der Waals surface area contributed by atoms with Gasteiger partial charge >= 0.3 is 12.1 Å². The van der Waals surface area contributed by atoms with E-state index in [2.05, 4.69) is 27.4 Å². The van der Waals surface area contributed by atoms with Gasteiger partial charge in [-0.2, -0.15) is 0 Å². The van der Waals surface area contributed by atoms with Gasteiger partial charge in [-0.15, -0.1) is 0 Å². The molecule has 0 unspecified atom stereocenters. The molecule has 2 aromatic heterocycles. The number of nitrogens with zero attached hydrogens (tertiary/aromatic N) is 3. The van der Waals surface area contributed by atoms with Crippen molar-refractivity contribution in [1.82, 2.24) is 14.9 Å². The highest BCUT2D eigenvalue weighted by Crippen LogP contribution is 2.46. The Kier molecular flexibility index (Phi) is 8.91. The summed E-state index contributed by atoms with van der Waals surface area (Å²) in [5.74, 6) is 0.0823. The third-order valence-electron chi connectivity index (χ3n) is 7.41. The lowest BCUT2D eigenvalue weighted by Gasteiger charge is -2.24. The molecule has 0 aromatic carbocycles. The molecule has 1 aliphatic heterocycles. The normalized spacial score (nSPS) is 17.6. The van der Waals surface area contributed by atoms with E-state index in [1.165, 1.54) is 13.3 Å². The van der Waals surface area contributed by atoms with Crippen LogP contribution in [-0.2, 0) is 32.5 Å². The second-order valence-corrected chi connectivity index (χ2v) is 11.7. The monoisotopic (exact) mass is 548 g/mol. The zero-order chi connectivity index (χ0) is 28.9. The highest BCUT2D eigenvalue weighted by molar-refractivity contribution is 6.06. The molecule has 3 heterocycles. The third-order valence-corrected chi connectivity index (χ3v) is 7.41. The van der Waals surface area contributed by atoms with Crippen molar-refractivity contribution in [2.75, 3.05) is 26.0 Å². The molecule has 0 saturated heterocycles. The predicted molar refractivity (Wildman–Crippen MR) is 153 cm³/mol. The van der Waals surface area contributed by atoms with E-state index in [9.17, 15) is 14.4 Å². The maximum absolute atomic E-state index is 13.1. The summed E-state index contributed by atoms with van der Waals surface area (Å²) < 4.78 is 10.2. The zero-order valence-corrected chi connectivity index (χ0v) is 24.2. The van der Waals surface area contributed by atoms with Crippen molar-refractivity contribution in [1.29, 1.82) is 0 Å². The Morgan fingerprint density at radius 1 is 1.07 bits per heavy atom. The van der Waals surface area contributed by atoms with E-state index in [1.54, 1.807) is 24.2 Å². The summed E-state index contributed by atoms with van der Waals surface area (Å²) >= 11 is 0. The van der Waals surface area contributed by atoms with Crippen LogP contribution in [0, 0.1) is 0 Å². The first-order valence-electron chi connectivity index (χ1n) is 14.0. The summed E-state index contributed by atoms with van der Waals surface area (Å²) in [5.41, 5.74) is 2.72. The van der Waals surface area contributed by atoms with Crippen molar-refractivity contribution in [2.45, 2.75) is 83.2 Å². The fraction of sp³-hybridized carbons (Fsp3) is 0.516. The van der Waals surface area contributed by atoms with E-state index in [1.807, 2.05) is 26.8 Å². The van der Waals surface area contributed by atoms with Crippen LogP contribution in [0.2, 0.25) is 0 Å². The number of anilines is 1. The highest BCUT2D eigenvalue weighted by atomic mass is 16.6. The molecule has 40 heavy (non-hydrogen) atoms. The van der Waals surface area contributed by atoms with Crippen LogP contribution in [0.5, 0.6) is 0 Å². The van der Waals surface area contributed by atoms with Crippen LogP contribution in [0.3, 0.4) is 0 Å². The van der Waals surface area contributed by atoms with Crippen LogP contribution in [0.1, 0.15) is 92.0 Å². The number of methoxy groups -OCH3 is 1. The molecule has 0 fully saturated rings. The first kappa shape index (κ1) is 29.2. The Bertz CT molecular complexity index is 1300. The zero-order valence-electron chi connectivity index (χ0n) is 24.2. The van der Waals surface area contributed by atoms with Gasteiger partial charge in [-0.25, -0.2) is 14.6 Å². The minimum Gasteiger partial charge on any atom is -0.465 e. The van der Waals surface area contributed by atoms with Gasteiger partial charge in [-0.3, -0.25) is 9.78 Å². The summed E-state index contributed by atoms with van der Waals surface area (Å²) in [6.07, 6.45) is 14.5. The number of carbonyl (C=O) groups excluding carboxylic acids is 3. The van der Waals surface area contributed by atoms with E-state index in [0.29, 0.717) is 30.8 Å². The molecule has 1 N–H and O–H groups in total. The Balaban J connectivity index is 1.25. The second kappa shape index (κ2) is 12.2. The van der Waals surface area contributed by atoms with Crippen molar-refractivity contribution in [2.24, 2.45) is 0 Å². The number of ether oxygens (including phenoxy) is 2. The van der Waals surface area contributed by atoms with Crippen LogP contribution < -0.4 is 5.32 Å². The molecule has 2 aliphatic rings. The molecular formula is C31H40N4O5. The predicted octanol–water partition coefficient (Wildman–Crippen LogP) is 5.47. The molecule has 214 valence electrons. The smallest absolute Gasteiger partial charge is 0.410 e. The van der Waals surface area contributed by atoms with Crippen molar-refractivity contribution in [3.8, 4) is 0 Å². The lowest BCUT2D eigenvalue weighted by atomic mass is 9.79. The van der Waals surface area contributed by atoms with E-state index in [0.717, 1.165) is 60.9 Å². The lowest BCUT2D eigenvalue weighted by molar-refractivity contribution is -0.120. The van der Waals surface area contributed by atoms with Gasteiger partial charge in [0.2, 0.25) is 5.91 Å². The number of unbranched alkanes of at least 4 members (excludes halogenated alkanes) is 5. The Hall–Kier alpha value is -3.75. The van der Waals surface area contributed by atoms with Crippen LogP contribution in [0.25, 0.3) is 6.08 Å². The number of aromatic nitrogens is 2. The maximum Gasteiger partial charge on any atom is 0.410 e. The maximum atomic E-state index is 13.1. The average molecular weight is 549 g/mol. The van der Waals surface area contributed by atoms with Gasteiger partial charge < -0.3 is 19.7 Å². The number of esters is 1. The van der Waals surface area contributed by atoms with Crippen LogP contribution >= 0.6 is 0 Å². The molecule has 1 atom stereocenters. The molecule has 2 aromatic rings. The van der Waals surface area contributed by atoms with Gasteiger partial charge in [0.25, 0.3) is 0 Å². The molecule has 0 radical (unpaired) electrons. The van der Waals surface area contributed by atoms with Gasteiger partial charge in [-0.05, 0) is 69.7 Å². The molecular weight excluding hydrogens is 508 g/mol. The molecule has 1 aliphatic carbocycles.